The minimum Gasteiger partial charge on any atom is -0.364 e. The van der Waals surface area contributed by atoms with E-state index in [-0.39, 0.29) is 5.82 Å². The van der Waals surface area contributed by atoms with Crippen molar-refractivity contribution in [1.82, 2.24) is 5.16 Å². The van der Waals surface area contributed by atoms with E-state index >= 15 is 0 Å². The van der Waals surface area contributed by atoms with Crippen molar-refractivity contribution in [2.75, 3.05) is 0 Å². The van der Waals surface area contributed by atoms with E-state index in [9.17, 15) is 4.39 Å². The average molecular weight is 192 g/mol. The van der Waals surface area contributed by atoms with Crippen molar-refractivity contribution < 1.29 is 8.91 Å². The number of nitrogens with zero attached hydrogens (tertiary/aromatic N) is 1. The van der Waals surface area contributed by atoms with E-state index in [1.165, 1.54) is 18.4 Å². The summed E-state index contributed by atoms with van der Waals surface area (Å²) in [4.78, 5) is 0. The maximum Gasteiger partial charge on any atom is 0.128 e. The van der Waals surface area contributed by atoms with Crippen molar-refractivity contribution in [2.24, 2.45) is 5.73 Å². The topological polar surface area (TPSA) is 52.0 Å². The summed E-state index contributed by atoms with van der Waals surface area (Å²) >= 11 is 0. The van der Waals surface area contributed by atoms with E-state index in [1.807, 2.05) is 0 Å². The van der Waals surface area contributed by atoms with Gasteiger partial charge >= 0.3 is 0 Å². The summed E-state index contributed by atoms with van der Waals surface area (Å²) in [7, 11) is 0. The number of halogens is 1. The SMILES string of the molecule is NCc1conc1-c1cccc(F)c1. The molecule has 0 bridgehead atoms. The average Bonchev–Trinajstić information content (AvgIpc) is 2.65. The van der Waals surface area contributed by atoms with Crippen LogP contribution in [-0.4, -0.2) is 5.16 Å². The number of hydrogen-bond donors (Lipinski definition) is 1. The Morgan fingerprint density at radius 2 is 2.29 bits per heavy atom. The monoisotopic (exact) mass is 192 g/mol. The van der Waals surface area contributed by atoms with E-state index in [0.717, 1.165) is 5.56 Å². The molecule has 0 aliphatic carbocycles. The molecule has 0 atom stereocenters. The van der Waals surface area contributed by atoms with Crippen LogP contribution < -0.4 is 5.73 Å². The van der Waals surface area contributed by atoms with Crippen LogP contribution in [0.3, 0.4) is 0 Å². The molecule has 0 radical (unpaired) electrons. The summed E-state index contributed by atoms with van der Waals surface area (Å²) in [5.74, 6) is -0.298. The van der Waals surface area contributed by atoms with Crippen LogP contribution in [0.5, 0.6) is 0 Å². The van der Waals surface area contributed by atoms with Gasteiger partial charge in [-0.1, -0.05) is 17.3 Å². The summed E-state index contributed by atoms with van der Waals surface area (Å²) in [5.41, 5.74) is 7.53. The second kappa shape index (κ2) is 3.59. The molecule has 1 aromatic heterocycles. The van der Waals surface area contributed by atoms with Gasteiger partial charge in [-0.05, 0) is 12.1 Å². The summed E-state index contributed by atoms with van der Waals surface area (Å²) < 4.78 is 17.7. The molecule has 1 aromatic carbocycles. The van der Waals surface area contributed by atoms with Gasteiger partial charge in [0, 0.05) is 17.7 Å². The normalized spacial score (nSPS) is 10.4. The van der Waals surface area contributed by atoms with Crippen molar-refractivity contribution in [3.05, 3.63) is 41.9 Å². The molecule has 2 aromatic rings. The Bertz CT molecular complexity index is 439. The molecule has 14 heavy (non-hydrogen) atoms. The summed E-state index contributed by atoms with van der Waals surface area (Å²) in [6, 6.07) is 6.17. The molecule has 2 rings (SSSR count). The molecule has 0 unspecified atom stereocenters. The van der Waals surface area contributed by atoms with Crippen LogP contribution in [0.4, 0.5) is 4.39 Å². The molecule has 3 nitrogen and oxygen atoms in total. The van der Waals surface area contributed by atoms with Crippen LogP contribution in [0.25, 0.3) is 11.3 Å². The molecule has 0 aliphatic rings. The van der Waals surface area contributed by atoms with E-state index < -0.39 is 0 Å². The predicted molar refractivity (Wildman–Crippen MR) is 49.8 cm³/mol. The third-order valence-corrected chi connectivity index (χ3v) is 1.96. The summed E-state index contributed by atoms with van der Waals surface area (Å²) in [5, 5.41) is 3.78. The van der Waals surface area contributed by atoms with Crippen LogP contribution in [0.1, 0.15) is 5.56 Å². The Kier molecular flexibility index (Phi) is 2.28. The van der Waals surface area contributed by atoms with Crippen LogP contribution in [0.15, 0.2) is 35.1 Å². The van der Waals surface area contributed by atoms with Crippen LogP contribution in [0.2, 0.25) is 0 Å². The minimum atomic E-state index is -0.298. The number of nitrogens with two attached hydrogens (primary N) is 1. The van der Waals surface area contributed by atoms with Crippen LogP contribution in [-0.2, 0) is 6.54 Å². The van der Waals surface area contributed by atoms with Crippen molar-refractivity contribution in [3.8, 4) is 11.3 Å². The highest BCUT2D eigenvalue weighted by atomic mass is 19.1. The van der Waals surface area contributed by atoms with Crippen molar-refractivity contribution in [3.63, 3.8) is 0 Å². The van der Waals surface area contributed by atoms with Gasteiger partial charge < -0.3 is 10.3 Å². The van der Waals surface area contributed by atoms with E-state index in [4.69, 9.17) is 10.3 Å². The molecule has 4 heteroatoms. The lowest BCUT2D eigenvalue weighted by atomic mass is 10.1. The van der Waals surface area contributed by atoms with Gasteiger partial charge in [0.05, 0.1) is 0 Å². The first-order chi connectivity index (χ1) is 6.81. The maximum absolute atomic E-state index is 12.9. The molecule has 0 spiro atoms. The molecule has 72 valence electrons. The minimum absolute atomic E-state index is 0.298. The zero-order valence-electron chi connectivity index (χ0n) is 7.40. The maximum atomic E-state index is 12.9. The highest BCUT2D eigenvalue weighted by Crippen LogP contribution is 2.22. The first-order valence-corrected chi connectivity index (χ1v) is 4.20. The molecule has 0 saturated carbocycles. The Labute approximate surface area is 80.3 Å². The van der Waals surface area contributed by atoms with Gasteiger partial charge in [-0.15, -0.1) is 0 Å². The van der Waals surface area contributed by atoms with E-state index in [2.05, 4.69) is 5.16 Å². The van der Waals surface area contributed by atoms with Crippen LogP contribution >= 0.6 is 0 Å². The quantitative estimate of drug-likeness (QED) is 0.791. The molecule has 2 N–H and O–H groups in total. The van der Waals surface area contributed by atoms with Gasteiger partial charge in [0.1, 0.15) is 17.8 Å². The third kappa shape index (κ3) is 1.52. The molecule has 0 fully saturated rings. The summed E-state index contributed by atoms with van der Waals surface area (Å²) in [6.45, 7) is 0.329. The van der Waals surface area contributed by atoms with Gasteiger partial charge in [0.2, 0.25) is 0 Å². The molecule has 0 saturated heterocycles. The molecular formula is C10H9FN2O. The van der Waals surface area contributed by atoms with Gasteiger partial charge in [0.15, 0.2) is 0 Å². The van der Waals surface area contributed by atoms with Gasteiger partial charge in [-0.3, -0.25) is 0 Å². The summed E-state index contributed by atoms with van der Waals surface area (Å²) in [6.07, 6.45) is 1.47. The fraction of sp³-hybridized carbons (Fsp3) is 0.100. The molecular weight excluding hydrogens is 183 g/mol. The number of hydrogen-bond acceptors (Lipinski definition) is 3. The zero-order chi connectivity index (χ0) is 9.97. The van der Waals surface area contributed by atoms with Crippen molar-refractivity contribution in [2.45, 2.75) is 6.54 Å². The Hall–Kier alpha value is -1.68. The molecule has 1 heterocycles. The highest BCUT2D eigenvalue weighted by molar-refractivity contribution is 5.61. The lowest BCUT2D eigenvalue weighted by molar-refractivity contribution is 0.421. The fourth-order valence-corrected chi connectivity index (χ4v) is 1.28. The van der Waals surface area contributed by atoms with Gasteiger partial charge in [-0.25, -0.2) is 4.39 Å². The standard InChI is InChI=1S/C10H9FN2O/c11-9-3-1-2-7(4-9)10-8(5-12)6-14-13-10/h1-4,6H,5,12H2. The fourth-order valence-electron chi connectivity index (χ4n) is 1.28. The third-order valence-electron chi connectivity index (χ3n) is 1.96. The smallest absolute Gasteiger partial charge is 0.128 e. The Morgan fingerprint density at radius 3 is 3.00 bits per heavy atom. The lowest BCUT2D eigenvalue weighted by Crippen LogP contribution is -1.96. The van der Waals surface area contributed by atoms with Gasteiger partial charge in [0.25, 0.3) is 0 Å². The zero-order valence-corrected chi connectivity index (χ0v) is 7.40. The lowest BCUT2D eigenvalue weighted by Gasteiger charge is -1.98. The first kappa shape index (κ1) is 8.90. The van der Waals surface area contributed by atoms with E-state index in [0.29, 0.717) is 17.8 Å². The number of rotatable bonds is 2. The van der Waals surface area contributed by atoms with Crippen LogP contribution in [0, 0.1) is 5.82 Å². The van der Waals surface area contributed by atoms with Crippen molar-refractivity contribution in [1.29, 1.82) is 0 Å². The molecule has 0 amide bonds. The van der Waals surface area contributed by atoms with E-state index in [1.54, 1.807) is 12.1 Å². The largest absolute Gasteiger partial charge is 0.364 e. The van der Waals surface area contributed by atoms with Crippen molar-refractivity contribution >= 4 is 0 Å². The van der Waals surface area contributed by atoms with Gasteiger partial charge in [-0.2, -0.15) is 0 Å². The Morgan fingerprint density at radius 1 is 1.43 bits per heavy atom. The molecule has 0 aliphatic heterocycles. The second-order valence-corrected chi connectivity index (χ2v) is 2.90. The predicted octanol–water partition coefficient (Wildman–Crippen LogP) is 1.94. The number of aromatic nitrogens is 1. The highest BCUT2D eigenvalue weighted by Gasteiger charge is 2.08. The Balaban J connectivity index is 2.49. The second-order valence-electron chi connectivity index (χ2n) is 2.90. The number of benzene rings is 1. The first-order valence-electron chi connectivity index (χ1n) is 4.20.